The number of ether oxygens (including phenoxy) is 1. The van der Waals surface area contributed by atoms with Crippen molar-refractivity contribution in [2.24, 2.45) is 0 Å². The van der Waals surface area contributed by atoms with Crippen molar-refractivity contribution < 1.29 is 9.53 Å². The quantitative estimate of drug-likeness (QED) is 0.234. The van der Waals surface area contributed by atoms with Crippen LogP contribution in [0.2, 0.25) is 0 Å². The van der Waals surface area contributed by atoms with Gasteiger partial charge in [-0.25, -0.2) is 0 Å². The van der Waals surface area contributed by atoms with Gasteiger partial charge in [-0.1, -0.05) is 70.0 Å². The van der Waals surface area contributed by atoms with E-state index >= 15 is 0 Å². The molecule has 0 spiro atoms. The highest BCUT2D eigenvalue weighted by atomic mass is 16.5. The molecule has 0 aliphatic rings. The van der Waals surface area contributed by atoms with Gasteiger partial charge in [-0.3, -0.25) is 4.79 Å². The Hall–Kier alpha value is -2.19. The van der Waals surface area contributed by atoms with Gasteiger partial charge in [0, 0.05) is 7.11 Å². The van der Waals surface area contributed by atoms with Crippen molar-refractivity contribution in [3.05, 3.63) is 84.1 Å². The van der Waals surface area contributed by atoms with E-state index in [9.17, 15) is 4.79 Å². The molecule has 0 atom stereocenters. The van der Waals surface area contributed by atoms with Gasteiger partial charge < -0.3 is 4.74 Å². The van der Waals surface area contributed by atoms with Crippen LogP contribution in [0.5, 0.6) is 0 Å². The Morgan fingerprint density at radius 2 is 1.42 bits per heavy atom. The Labute approximate surface area is 161 Å². The number of rotatable bonds is 11. The van der Waals surface area contributed by atoms with Crippen LogP contribution in [0.25, 0.3) is 0 Å². The Bertz CT molecular complexity index is 598. The van der Waals surface area contributed by atoms with Gasteiger partial charge in [-0.05, 0) is 61.0 Å². The smallest absolute Gasteiger partial charge is 0.145 e. The fourth-order valence-corrected chi connectivity index (χ4v) is 1.99. The summed E-state index contributed by atoms with van der Waals surface area (Å²) in [6.07, 6.45) is 7.58. The van der Waals surface area contributed by atoms with Gasteiger partial charge in [0.15, 0.2) is 0 Å². The molecule has 2 nitrogen and oxygen atoms in total. The Morgan fingerprint density at radius 3 is 1.77 bits per heavy atom. The number of methoxy groups -OCH3 is 1. The molecular weight excluding hydrogens is 320 g/mol. The highest BCUT2D eigenvalue weighted by Crippen LogP contribution is 2.25. The van der Waals surface area contributed by atoms with E-state index in [0.29, 0.717) is 12.2 Å². The molecular formula is C24H36O2. The molecule has 0 aromatic heterocycles. The molecule has 2 heteroatoms. The van der Waals surface area contributed by atoms with Gasteiger partial charge in [0.05, 0.1) is 6.61 Å². The van der Waals surface area contributed by atoms with Gasteiger partial charge in [0.25, 0.3) is 0 Å². The molecule has 0 saturated carbocycles. The van der Waals surface area contributed by atoms with Crippen LogP contribution in [-0.2, 0) is 9.53 Å². The third-order valence-electron chi connectivity index (χ3n) is 3.58. The molecule has 0 amide bonds. The second kappa shape index (κ2) is 15.1. The van der Waals surface area contributed by atoms with Crippen LogP contribution in [0.15, 0.2) is 84.1 Å². The van der Waals surface area contributed by atoms with Crippen LogP contribution >= 0.6 is 0 Å². The molecule has 0 radical (unpaired) electrons. The number of hydrogen-bond acceptors (Lipinski definition) is 2. The molecule has 0 bridgehead atoms. The fraction of sp³-hybridized carbons (Fsp3) is 0.375. The van der Waals surface area contributed by atoms with Crippen molar-refractivity contribution in [3.63, 3.8) is 0 Å². The largest absolute Gasteiger partial charge is 0.384 e. The number of carbonyl (C=O) groups excluding carboxylic acids is 1. The second-order valence-corrected chi connectivity index (χ2v) is 6.21. The maximum absolute atomic E-state index is 9.41. The highest BCUT2D eigenvalue weighted by molar-refractivity contribution is 5.70. The van der Waals surface area contributed by atoms with Crippen molar-refractivity contribution in [3.8, 4) is 0 Å². The molecule has 0 aromatic carbocycles. The van der Waals surface area contributed by atoms with Crippen LogP contribution in [-0.4, -0.2) is 20.0 Å². The SMILES string of the molecule is C=C(C)/C=C(/CC)C(=C)C(=C)/C=C(/CCOC)C(=C)CC.C=C(C)C=O. The zero-order valence-electron chi connectivity index (χ0n) is 17.4. The third kappa shape index (κ3) is 12.2. The molecule has 26 heavy (non-hydrogen) atoms. The number of aldehydes is 1. The lowest BCUT2D eigenvalue weighted by molar-refractivity contribution is -0.104. The van der Waals surface area contributed by atoms with E-state index in [0.717, 1.165) is 47.8 Å². The molecule has 0 unspecified atom stereocenters. The minimum absolute atomic E-state index is 0.574. The van der Waals surface area contributed by atoms with Crippen molar-refractivity contribution >= 4 is 6.29 Å². The van der Waals surface area contributed by atoms with Crippen LogP contribution < -0.4 is 0 Å². The predicted molar refractivity (Wildman–Crippen MR) is 116 cm³/mol. The summed E-state index contributed by atoms with van der Waals surface area (Å²) in [4.78, 5) is 9.41. The molecule has 0 heterocycles. The van der Waals surface area contributed by atoms with Gasteiger partial charge in [-0.15, -0.1) is 0 Å². The zero-order valence-corrected chi connectivity index (χ0v) is 17.4. The van der Waals surface area contributed by atoms with Crippen LogP contribution in [0.3, 0.4) is 0 Å². The monoisotopic (exact) mass is 356 g/mol. The standard InChI is InChI=1S/C20H30O.C4H6O/c1-9-16(5)20(11-12-21-8)14-17(6)18(7)19(10-2)13-15(3)4;1-4(2)3-5/h13-14H,3,5-7,9-12H2,1-2,4,8H3;3H,1H2,2H3/b19-13-,20-14-;. The average Bonchev–Trinajstić information content (AvgIpc) is 2.61. The summed E-state index contributed by atoms with van der Waals surface area (Å²) in [5, 5.41) is 0. The van der Waals surface area contributed by atoms with Crippen molar-refractivity contribution in [1.29, 1.82) is 0 Å². The summed E-state index contributed by atoms with van der Waals surface area (Å²) in [6.45, 7) is 28.3. The van der Waals surface area contributed by atoms with E-state index in [-0.39, 0.29) is 0 Å². The molecule has 0 fully saturated rings. The van der Waals surface area contributed by atoms with E-state index in [4.69, 9.17) is 4.74 Å². The molecule has 0 aliphatic heterocycles. The Balaban J connectivity index is 0. The van der Waals surface area contributed by atoms with E-state index in [2.05, 4.69) is 58.9 Å². The van der Waals surface area contributed by atoms with Crippen molar-refractivity contribution in [1.82, 2.24) is 0 Å². The van der Waals surface area contributed by atoms with E-state index in [1.54, 1.807) is 14.0 Å². The summed E-state index contributed by atoms with van der Waals surface area (Å²) in [6, 6.07) is 0. The molecule has 0 saturated heterocycles. The summed E-state index contributed by atoms with van der Waals surface area (Å²) in [5.74, 6) is 0. The number of allylic oxidation sites excluding steroid dienone is 8. The topological polar surface area (TPSA) is 26.3 Å². The highest BCUT2D eigenvalue weighted by Gasteiger charge is 2.07. The van der Waals surface area contributed by atoms with Crippen LogP contribution in [0, 0.1) is 0 Å². The average molecular weight is 357 g/mol. The Kier molecular flexibility index (Phi) is 15.1. The number of hydrogen-bond donors (Lipinski definition) is 0. The minimum atomic E-state index is 0.574. The molecule has 0 N–H and O–H groups in total. The van der Waals surface area contributed by atoms with Crippen LogP contribution in [0.1, 0.15) is 47.0 Å². The van der Waals surface area contributed by atoms with E-state index in [1.807, 2.05) is 6.92 Å². The second-order valence-electron chi connectivity index (χ2n) is 6.21. The lowest BCUT2D eigenvalue weighted by Crippen LogP contribution is -1.97. The maximum Gasteiger partial charge on any atom is 0.145 e. The molecule has 0 aromatic rings. The van der Waals surface area contributed by atoms with Gasteiger partial charge in [0.1, 0.15) is 6.29 Å². The van der Waals surface area contributed by atoms with Gasteiger partial charge in [-0.2, -0.15) is 0 Å². The molecule has 0 rings (SSSR count). The first-order valence-corrected chi connectivity index (χ1v) is 8.87. The summed E-state index contributed by atoms with van der Waals surface area (Å²) in [5.41, 5.74) is 7.01. The predicted octanol–water partition coefficient (Wildman–Crippen LogP) is 6.70. The van der Waals surface area contributed by atoms with Gasteiger partial charge >= 0.3 is 0 Å². The molecule has 0 aliphatic carbocycles. The Morgan fingerprint density at radius 1 is 0.885 bits per heavy atom. The summed E-state index contributed by atoms with van der Waals surface area (Å²) in [7, 11) is 1.71. The van der Waals surface area contributed by atoms with E-state index < -0.39 is 0 Å². The van der Waals surface area contributed by atoms with Gasteiger partial charge in [0.2, 0.25) is 0 Å². The van der Waals surface area contributed by atoms with E-state index in [1.165, 1.54) is 11.1 Å². The zero-order chi connectivity index (χ0) is 20.7. The summed E-state index contributed by atoms with van der Waals surface area (Å²) >= 11 is 0. The lowest BCUT2D eigenvalue weighted by atomic mass is 9.93. The van der Waals surface area contributed by atoms with Crippen LogP contribution in [0.4, 0.5) is 0 Å². The van der Waals surface area contributed by atoms with Crippen molar-refractivity contribution in [2.75, 3.05) is 13.7 Å². The third-order valence-corrected chi connectivity index (χ3v) is 3.58. The lowest BCUT2D eigenvalue weighted by Gasteiger charge is -2.13. The summed E-state index contributed by atoms with van der Waals surface area (Å²) < 4.78 is 5.17. The minimum Gasteiger partial charge on any atom is -0.384 e. The normalized spacial score (nSPS) is 11.1. The fourth-order valence-electron chi connectivity index (χ4n) is 1.99. The number of carbonyl (C=O) groups is 1. The maximum atomic E-state index is 9.41. The van der Waals surface area contributed by atoms with Crippen molar-refractivity contribution in [2.45, 2.75) is 47.0 Å². The molecule has 144 valence electrons. The first-order valence-electron chi connectivity index (χ1n) is 8.87. The first-order chi connectivity index (χ1) is 12.1. The first kappa shape index (κ1) is 26.0.